The van der Waals surface area contributed by atoms with Crippen molar-refractivity contribution in [2.75, 3.05) is 13.1 Å². The van der Waals surface area contributed by atoms with Crippen LogP contribution >= 0.6 is 0 Å². The molecule has 1 fully saturated rings. The van der Waals surface area contributed by atoms with Crippen molar-refractivity contribution in [3.8, 4) is 5.75 Å². The molecule has 1 aromatic carbocycles. The van der Waals surface area contributed by atoms with Crippen LogP contribution in [-0.2, 0) is 11.3 Å². The second-order valence-electron chi connectivity index (χ2n) is 5.15. The lowest BCUT2D eigenvalue weighted by Crippen LogP contribution is -2.48. The van der Waals surface area contributed by atoms with Crippen molar-refractivity contribution >= 4 is 5.91 Å². The SMILES string of the molecule is CC1(C(=O)NCc2ccccc2O)CCCNC1. The van der Waals surface area contributed by atoms with E-state index in [1.165, 1.54) is 0 Å². The van der Waals surface area contributed by atoms with Gasteiger partial charge in [0.05, 0.1) is 5.41 Å². The number of hydrogen-bond donors (Lipinski definition) is 3. The minimum atomic E-state index is -0.331. The first-order valence-electron chi connectivity index (χ1n) is 6.38. The van der Waals surface area contributed by atoms with E-state index in [1.54, 1.807) is 12.1 Å². The Bertz CT molecular complexity index is 426. The van der Waals surface area contributed by atoms with Crippen molar-refractivity contribution < 1.29 is 9.90 Å². The zero-order chi connectivity index (χ0) is 13.0. The Morgan fingerprint density at radius 3 is 2.94 bits per heavy atom. The number of amides is 1. The van der Waals surface area contributed by atoms with E-state index < -0.39 is 0 Å². The molecule has 18 heavy (non-hydrogen) atoms. The van der Waals surface area contributed by atoms with Gasteiger partial charge >= 0.3 is 0 Å². The van der Waals surface area contributed by atoms with Gasteiger partial charge in [0.1, 0.15) is 5.75 Å². The van der Waals surface area contributed by atoms with Gasteiger partial charge in [-0.1, -0.05) is 18.2 Å². The Kier molecular flexibility index (Phi) is 3.87. The highest BCUT2D eigenvalue weighted by Crippen LogP contribution is 2.26. The molecule has 1 aromatic rings. The van der Waals surface area contributed by atoms with Gasteiger partial charge in [0.15, 0.2) is 0 Å². The van der Waals surface area contributed by atoms with Gasteiger partial charge in [-0.05, 0) is 32.4 Å². The average Bonchev–Trinajstić information content (AvgIpc) is 2.38. The Labute approximate surface area is 107 Å². The maximum Gasteiger partial charge on any atom is 0.227 e. The summed E-state index contributed by atoms with van der Waals surface area (Å²) < 4.78 is 0. The third-order valence-corrected chi connectivity index (χ3v) is 3.58. The molecule has 0 saturated carbocycles. The zero-order valence-electron chi connectivity index (χ0n) is 10.7. The number of nitrogens with one attached hydrogen (secondary N) is 2. The highest BCUT2D eigenvalue weighted by Gasteiger charge is 2.34. The lowest BCUT2D eigenvalue weighted by Gasteiger charge is -2.32. The third-order valence-electron chi connectivity index (χ3n) is 3.58. The first-order chi connectivity index (χ1) is 8.62. The van der Waals surface area contributed by atoms with E-state index in [4.69, 9.17) is 0 Å². The highest BCUT2D eigenvalue weighted by molar-refractivity contribution is 5.82. The first-order valence-corrected chi connectivity index (χ1v) is 6.38. The average molecular weight is 248 g/mol. The van der Waals surface area contributed by atoms with Gasteiger partial charge < -0.3 is 15.7 Å². The summed E-state index contributed by atoms with van der Waals surface area (Å²) in [5, 5.41) is 15.8. The Morgan fingerprint density at radius 1 is 1.50 bits per heavy atom. The summed E-state index contributed by atoms with van der Waals surface area (Å²) in [5.74, 6) is 0.280. The van der Waals surface area contributed by atoms with Crippen LogP contribution < -0.4 is 10.6 Å². The molecule has 4 heteroatoms. The lowest BCUT2D eigenvalue weighted by atomic mass is 9.82. The Morgan fingerprint density at radius 2 is 2.28 bits per heavy atom. The predicted octanol–water partition coefficient (Wildman–Crippen LogP) is 1.40. The second-order valence-corrected chi connectivity index (χ2v) is 5.15. The fourth-order valence-electron chi connectivity index (χ4n) is 2.30. The van der Waals surface area contributed by atoms with E-state index in [0.717, 1.165) is 31.5 Å². The minimum Gasteiger partial charge on any atom is -0.508 e. The molecule has 0 radical (unpaired) electrons. The minimum absolute atomic E-state index is 0.0537. The number of phenolic OH excluding ortho intramolecular Hbond substituents is 1. The van der Waals surface area contributed by atoms with Crippen LogP contribution in [0.2, 0.25) is 0 Å². The molecule has 1 unspecified atom stereocenters. The molecule has 0 aliphatic carbocycles. The highest BCUT2D eigenvalue weighted by atomic mass is 16.3. The smallest absolute Gasteiger partial charge is 0.227 e. The molecule has 1 aliphatic heterocycles. The summed E-state index contributed by atoms with van der Waals surface area (Å²) in [4.78, 5) is 12.2. The van der Waals surface area contributed by atoms with Crippen LogP contribution in [0.3, 0.4) is 0 Å². The Balaban J connectivity index is 1.94. The van der Waals surface area contributed by atoms with Gasteiger partial charge in [-0.25, -0.2) is 0 Å². The van der Waals surface area contributed by atoms with E-state index in [1.807, 2.05) is 19.1 Å². The van der Waals surface area contributed by atoms with Gasteiger partial charge in [-0.15, -0.1) is 0 Å². The molecule has 0 spiro atoms. The Hall–Kier alpha value is -1.55. The number of benzene rings is 1. The number of phenols is 1. The number of hydrogen-bond acceptors (Lipinski definition) is 3. The summed E-state index contributed by atoms with van der Waals surface area (Å²) in [6, 6.07) is 7.07. The van der Waals surface area contributed by atoms with Crippen LogP contribution in [0.15, 0.2) is 24.3 Å². The van der Waals surface area contributed by atoms with Crippen molar-refractivity contribution in [1.29, 1.82) is 0 Å². The van der Waals surface area contributed by atoms with Crippen LogP contribution in [0.5, 0.6) is 5.75 Å². The van der Waals surface area contributed by atoms with Crippen LogP contribution in [0.1, 0.15) is 25.3 Å². The molecular formula is C14H20N2O2. The normalized spacial score (nSPS) is 23.6. The summed E-state index contributed by atoms with van der Waals surface area (Å²) in [7, 11) is 0. The van der Waals surface area contributed by atoms with Crippen molar-refractivity contribution in [3.05, 3.63) is 29.8 Å². The number of carbonyl (C=O) groups excluding carboxylic acids is 1. The van der Waals surface area contributed by atoms with Crippen molar-refractivity contribution in [1.82, 2.24) is 10.6 Å². The van der Waals surface area contributed by atoms with Crippen molar-refractivity contribution in [3.63, 3.8) is 0 Å². The lowest BCUT2D eigenvalue weighted by molar-refractivity contribution is -0.131. The van der Waals surface area contributed by atoms with E-state index in [-0.39, 0.29) is 17.1 Å². The molecule has 0 aromatic heterocycles. The topological polar surface area (TPSA) is 61.4 Å². The summed E-state index contributed by atoms with van der Waals surface area (Å²) in [6.07, 6.45) is 1.94. The molecule has 2 rings (SSSR count). The van der Waals surface area contributed by atoms with Gasteiger partial charge in [-0.3, -0.25) is 4.79 Å². The van der Waals surface area contributed by atoms with Gasteiger partial charge in [0.2, 0.25) is 5.91 Å². The number of rotatable bonds is 3. The molecule has 0 bridgehead atoms. The van der Waals surface area contributed by atoms with Crippen molar-refractivity contribution in [2.45, 2.75) is 26.3 Å². The fourth-order valence-corrected chi connectivity index (χ4v) is 2.30. The second kappa shape index (κ2) is 5.40. The monoisotopic (exact) mass is 248 g/mol. The fraction of sp³-hybridized carbons (Fsp3) is 0.500. The predicted molar refractivity (Wildman–Crippen MR) is 70.2 cm³/mol. The molecule has 1 aliphatic rings. The molecular weight excluding hydrogens is 228 g/mol. The van der Waals surface area contributed by atoms with E-state index in [0.29, 0.717) is 6.54 Å². The van der Waals surface area contributed by atoms with Gasteiger partial charge in [0.25, 0.3) is 0 Å². The number of carbonyl (C=O) groups is 1. The summed E-state index contributed by atoms with van der Waals surface area (Å²) in [5.41, 5.74) is 0.418. The number of para-hydroxylation sites is 1. The first kappa shape index (κ1) is 12.9. The largest absolute Gasteiger partial charge is 0.508 e. The standard InChI is InChI=1S/C14H20N2O2/c1-14(7-4-8-15-10-14)13(18)16-9-11-5-2-3-6-12(11)17/h2-3,5-6,15,17H,4,7-10H2,1H3,(H,16,18). The van der Waals surface area contributed by atoms with Crippen LogP contribution in [0.25, 0.3) is 0 Å². The molecule has 3 N–H and O–H groups in total. The van der Waals surface area contributed by atoms with Crippen LogP contribution in [0.4, 0.5) is 0 Å². The molecule has 1 atom stereocenters. The number of aromatic hydroxyl groups is 1. The van der Waals surface area contributed by atoms with E-state index in [9.17, 15) is 9.90 Å². The maximum absolute atomic E-state index is 12.2. The van der Waals surface area contributed by atoms with Crippen molar-refractivity contribution in [2.24, 2.45) is 5.41 Å². The van der Waals surface area contributed by atoms with Crippen LogP contribution in [0, 0.1) is 5.41 Å². The van der Waals surface area contributed by atoms with E-state index >= 15 is 0 Å². The quantitative estimate of drug-likeness (QED) is 0.757. The number of piperidine rings is 1. The molecule has 1 amide bonds. The molecule has 4 nitrogen and oxygen atoms in total. The zero-order valence-corrected chi connectivity index (χ0v) is 10.7. The van der Waals surface area contributed by atoms with E-state index in [2.05, 4.69) is 10.6 Å². The summed E-state index contributed by atoms with van der Waals surface area (Å²) >= 11 is 0. The molecule has 1 heterocycles. The van der Waals surface area contributed by atoms with Gasteiger partial charge in [0, 0.05) is 18.7 Å². The molecule has 98 valence electrons. The van der Waals surface area contributed by atoms with Crippen LogP contribution in [-0.4, -0.2) is 24.1 Å². The maximum atomic E-state index is 12.2. The van der Waals surface area contributed by atoms with Gasteiger partial charge in [-0.2, -0.15) is 0 Å². The molecule has 1 saturated heterocycles. The third kappa shape index (κ3) is 2.82. The summed E-state index contributed by atoms with van der Waals surface area (Å²) in [6.45, 7) is 4.07.